The monoisotopic (exact) mass is 451 g/mol. The van der Waals surface area contributed by atoms with Gasteiger partial charge in [-0.05, 0) is 41.3 Å². The molecule has 0 unspecified atom stereocenters. The van der Waals surface area contributed by atoms with Crippen molar-refractivity contribution in [2.24, 2.45) is 0 Å². The summed E-state index contributed by atoms with van der Waals surface area (Å²) in [5.41, 5.74) is 7.78. The minimum atomic E-state index is -0.347. The number of pyridine rings is 1. The summed E-state index contributed by atoms with van der Waals surface area (Å²) in [7, 11) is 1.48. The number of hydrogen-bond acceptors (Lipinski definition) is 3. The molecule has 0 saturated heterocycles. The van der Waals surface area contributed by atoms with E-state index >= 15 is 0 Å². The van der Waals surface area contributed by atoms with Gasteiger partial charge in [-0.2, -0.15) is 0 Å². The van der Waals surface area contributed by atoms with E-state index in [2.05, 4.69) is 64.5 Å². The lowest BCUT2D eigenvalue weighted by Crippen LogP contribution is -2.31. The second-order valence-corrected chi connectivity index (χ2v) is 9.00. The number of benzene rings is 3. The maximum absolute atomic E-state index is 14.4. The van der Waals surface area contributed by atoms with Crippen molar-refractivity contribution in [3.05, 3.63) is 107 Å². The van der Waals surface area contributed by atoms with Crippen LogP contribution in [0, 0.1) is 5.82 Å². The number of halogens is 1. The highest BCUT2D eigenvalue weighted by atomic mass is 19.1. The fraction of sp³-hybridized carbons (Fsp3) is 0.207. The van der Waals surface area contributed by atoms with E-state index in [0.29, 0.717) is 6.42 Å². The third-order valence-electron chi connectivity index (χ3n) is 6.80. The van der Waals surface area contributed by atoms with Crippen molar-refractivity contribution in [2.45, 2.75) is 25.9 Å². The first-order chi connectivity index (χ1) is 16.7. The summed E-state index contributed by atoms with van der Waals surface area (Å²) >= 11 is 0. The molecule has 3 aromatic carbocycles. The van der Waals surface area contributed by atoms with E-state index in [4.69, 9.17) is 9.72 Å². The van der Waals surface area contributed by atoms with Gasteiger partial charge in [-0.3, -0.25) is 9.88 Å². The van der Waals surface area contributed by atoms with Gasteiger partial charge in [-0.15, -0.1) is 0 Å². The molecule has 3 heterocycles. The molecule has 1 aliphatic rings. The molecule has 0 aliphatic carbocycles. The summed E-state index contributed by atoms with van der Waals surface area (Å²) in [6.45, 7) is 2.72. The second kappa shape index (κ2) is 8.58. The van der Waals surface area contributed by atoms with Crippen LogP contribution in [0.5, 0.6) is 5.75 Å². The van der Waals surface area contributed by atoms with Crippen molar-refractivity contribution in [1.29, 1.82) is 0 Å². The van der Waals surface area contributed by atoms with Gasteiger partial charge in [0.05, 0.1) is 24.0 Å². The Kier molecular flexibility index (Phi) is 5.27. The van der Waals surface area contributed by atoms with Crippen molar-refractivity contribution >= 4 is 21.8 Å². The molecule has 0 fully saturated rings. The lowest BCUT2D eigenvalue weighted by molar-refractivity contribution is 0.242. The van der Waals surface area contributed by atoms with E-state index in [1.807, 2.05) is 6.07 Å². The molecule has 0 radical (unpaired) electrons. The van der Waals surface area contributed by atoms with Crippen LogP contribution in [0.25, 0.3) is 21.8 Å². The number of aromatic amines is 1. The molecule has 1 N–H and O–H groups in total. The lowest BCUT2D eigenvalue weighted by atomic mass is 9.96. The molecule has 5 heteroatoms. The van der Waals surface area contributed by atoms with Crippen LogP contribution < -0.4 is 4.74 Å². The lowest BCUT2D eigenvalue weighted by Gasteiger charge is -2.29. The van der Waals surface area contributed by atoms with Gasteiger partial charge in [0.25, 0.3) is 0 Å². The van der Waals surface area contributed by atoms with Crippen LogP contribution in [0.3, 0.4) is 0 Å². The Bertz CT molecular complexity index is 1490. The SMILES string of the molecule is COc1ccc(Cc2nc3c(c4c2[nH]c2ccccc24)CCN(Cc2ccccc2)C3)cc1F. The molecule has 1 aliphatic heterocycles. The molecule has 170 valence electrons. The number of nitrogens with one attached hydrogen (secondary N) is 1. The molecule has 6 rings (SSSR count). The molecule has 0 amide bonds. The predicted molar refractivity (Wildman–Crippen MR) is 134 cm³/mol. The standard InChI is InChI=1S/C29H26FN3O/c1-34-27-12-11-20(15-23(27)30)16-25-29-28(21-9-5-6-10-24(21)32-29)22-13-14-33(18-26(22)31-25)17-19-7-3-2-4-8-19/h2-12,15,32H,13-14,16-18H2,1H3. The summed E-state index contributed by atoms with van der Waals surface area (Å²) in [4.78, 5) is 11.2. The summed E-state index contributed by atoms with van der Waals surface area (Å²) in [5, 5.41) is 2.50. The number of rotatable bonds is 5. The van der Waals surface area contributed by atoms with Crippen molar-refractivity contribution in [3.8, 4) is 5.75 Å². The third-order valence-corrected chi connectivity index (χ3v) is 6.80. The number of hydrogen-bond donors (Lipinski definition) is 1. The molecule has 0 saturated carbocycles. The number of ether oxygens (including phenoxy) is 1. The highest BCUT2D eigenvalue weighted by Gasteiger charge is 2.24. The summed E-state index contributed by atoms with van der Waals surface area (Å²) < 4.78 is 19.5. The number of nitrogens with zero attached hydrogens (tertiary/aromatic N) is 2. The molecular formula is C29H26FN3O. The Morgan fingerprint density at radius 1 is 1.00 bits per heavy atom. The van der Waals surface area contributed by atoms with E-state index in [9.17, 15) is 4.39 Å². The van der Waals surface area contributed by atoms with Crippen LogP contribution in [0.1, 0.15) is 28.1 Å². The fourth-order valence-corrected chi connectivity index (χ4v) is 5.18. The van der Waals surface area contributed by atoms with Crippen molar-refractivity contribution in [1.82, 2.24) is 14.9 Å². The Labute approximate surface area is 198 Å². The van der Waals surface area contributed by atoms with Crippen molar-refractivity contribution in [2.75, 3.05) is 13.7 Å². The van der Waals surface area contributed by atoms with Crippen molar-refractivity contribution in [3.63, 3.8) is 0 Å². The molecule has 0 spiro atoms. The first-order valence-corrected chi connectivity index (χ1v) is 11.7. The van der Waals surface area contributed by atoms with Gasteiger partial charge in [0.1, 0.15) is 0 Å². The number of para-hydroxylation sites is 1. The minimum absolute atomic E-state index is 0.259. The smallest absolute Gasteiger partial charge is 0.165 e. The molecular weight excluding hydrogens is 425 g/mol. The zero-order valence-electron chi connectivity index (χ0n) is 19.1. The number of fused-ring (bicyclic) bond motifs is 5. The van der Waals surface area contributed by atoms with Gasteiger partial charge >= 0.3 is 0 Å². The summed E-state index contributed by atoms with van der Waals surface area (Å²) in [6.07, 6.45) is 1.52. The van der Waals surface area contributed by atoms with E-state index in [0.717, 1.165) is 54.0 Å². The van der Waals surface area contributed by atoms with Crippen LogP contribution in [0.2, 0.25) is 0 Å². The largest absolute Gasteiger partial charge is 0.494 e. The van der Waals surface area contributed by atoms with Gasteiger partial charge in [0, 0.05) is 42.3 Å². The number of aromatic nitrogens is 2. The van der Waals surface area contributed by atoms with E-state index in [1.54, 1.807) is 12.1 Å². The predicted octanol–water partition coefficient (Wildman–Crippen LogP) is 6.01. The molecule has 5 aromatic rings. The maximum Gasteiger partial charge on any atom is 0.165 e. The van der Waals surface area contributed by atoms with Crippen molar-refractivity contribution < 1.29 is 9.13 Å². The molecule has 0 atom stereocenters. The van der Waals surface area contributed by atoms with Gasteiger partial charge in [-0.25, -0.2) is 4.39 Å². The zero-order valence-corrected chi connectivity index (χ0v) is 19.1. The third kappa shape index (κ3) is 3.72. The first kappa shape index (κ1) is 20.9. The zero-order chi connectivity index (χ0) is 23.1. The summed E-state index contributed by atoms with van der Waals surface area (Å²) in [5.74, 6) is -0.0886. The molecule has 34 heavy (non-hydrogen) atoms. The minimum Gasteiger partial charge on any atom is -0.494 e. The Hall–Kier alpha value is -3.70. The Balaban J connectivity index is 1.44. The Morgan fingerprint density at radius 2 is 1.82 bits per heavy atom. The number of H-pyrrole nitrogens is 1. The maximum atomic E-state index is 14.4. The van der Waals surface area contributed by atoms with Gasteiger partial charge in [0.15, 0.2) is 11.6 Å². The van der Waals surface area contributed by atoms with Crippen LogP contribution in [-0.2, 0) is 25.9 Å². The highest BCUT2D eigenvalue weighted by molar-refractivity contribution is 6.10. The molecule has 2 aromatic heterocycles. The fourth-order valence-electron chi connectivity index (χ4n) is 5.18. The van der Waals surface area contributed by atoms with Crippen LogP contribution in [0.4, 0.5) is 4.39 Å². The van der Waals surface area contributed by atoms with E-state index in [-0.39, 0.29) is 11.6 Å². The molecule has 4 nitrogen and oxygen atoms in total. The average Bonchev–Trinajstić information content (AvgIpc) is 3.25. The Morgan fingerprint density at radius 3 is 2.65 bits per heavy atom. The molecule has 0 bridgehead atoms. The quantitative estimate of drug-likeness (QED) is 0.356. The van der Waals surface area contributed by atoms with Gasteiger partial charge in [0.2, 0.25) is 0 Å². The normalized spacial score (nSPS) is 13.9. The number of methoxy groups -OCH3 is 1. The highest BCUT2D eigenvalue weighted by Crippen LogP contribution is 2.35. The van der Waals surface area contributed by atoms with Gasteiger partial charge in [-0.1, -0.05) is 54.6 Å². The van der Waals surface area contributed by atoms with Crippen LogP contribution in [0.15, 0.2) is 72.8 Å². The average molecular weight is 452 g/mol. The summed E-state index contributed by atoms with van der Waals surface area (Å²) in [6, 6.07) is 24.2. The van der Waals surface area contributed by atoms with Crippen LogP contribution >= 0.6 is 0 Å². The van der Waals surface area contributed by atoms with Gasteiger partial charge < -0.3 is 9.72 Å². The topological polar surface area (TPSA) is 41.1 Å². The van der Waals surface area contributed by atoms with E-state index < -0.39 is 0 Å². The van der Waals surface area contributed by atoms with E-state index in [1.165, 1.54) is 29.0 Å². The first-order valence-electron chi connectivity index (χ1n) is 11.7. The van der Waals surface area contributed by atoms with Crippen LogP contribution in [-0.4, -0.2) is 28.5 Å². The second-order valence-electron chi connectivity index (χ2n) is 9.00.